The molecule has 0 radical (unpaired) electrons. The molecule has 0 spiro atoms. The van der Waals surface area contributed by atoms with E-state index in [0.29, 0.717) is 18.7 Å². The van der Waals surface area contributed by atoms with Crippen molar-refractivity contribution in [2.75, 3.05) is 33.7 Å². The quantitative estimate of drug-likeness (QED) is 0.665. The van der Waals surface area contributed by atoms with Crippen molar-refractivity contribution in [3.8, 4) is 0 Å². The van der Waals surface area contributed by atoms with Gasteiger partial charge in [-0.15, -0.1) is 0 Å². The second-order valence-corrected chi connectivity index (χ2v) is 7.11. The maximum absolute atomic E-state index is 12.2. The molecule has 0 saturated carbocycles. The van der Waals surface area contributed by atoms with Gasteiger partial charge in [-0.05, 0) is 51.7 Å². The van der Waals surface area contributed by atoms with Crippen molar-refractivity contribution in [1.82, 2.24) is 14.9 Å². The monoisotopic (exact) mass is 327 g/mol. The summed E-state index contributed by atoms with van der Waals surface area (Å²) >= 11 is 0. The van der Waals surface area contributed by atoms with Crippen molar-refractivity contribution >= 4 is 15.9 Å². The number of carbonyl (C=O) groups is 1. The van der Waals surface area contributed by atoms with Crippen LogP contribution in [-0.2, 0) is 10.0 Å². The third-order valence-corrected chi connectivity index (χ3v) is 4.47. The maximum atomic E-state index is 12.2. The molecule has 0 bridgehead atoms. The Morgan fingerprint density at radius 2 is 1.95 bits per heavy atom. The van der Waals surface area contributed by atoms with E-state index in [1.165, 1.54) is 12.1 Å². The molecule has 1 aromatic carbocycles. The lowest BCUT2D eigenvalue weighted by Gasteiger charge is -2.11. The molecule has 1 rings (SSSR count). The fourth-order valence-corrected chi connectivity index (χ4v) is 2.95. The Labute approximate surface area is 132 Å². The SMILES string of the molecule is CCCNC(=O)c1cccc(S(=O)(=O)NCCCN(C)C)c1. The summed E-state index contributed by atoms with van der Waals surface area (Å²) in [5.41, 5.74) is 0.351. The van der Waals surface area contributed by atoms with Crippen LogP contribution in [0.3, 0.4) is 0 Å². The average molecular weight is 327 g/mol. The Hall–Kier alpha value is -1.44. The molecule has 1 aromatic rings. The Balaban J connectivity index is 2.72. The van der Waals surface area contributed by atoms with Gasteiger partial charge in [0.2, 0.25) is 10.0 Å². The lowest BCUT2D eigenvalue weighted by Crippen LogP contribution is -2.28. The van der Waals surface area contributed by atoms with Gasteiger partial charge in [0, 0.05) is 18.7 Å². The zero-order chi connectivity index (χ0) is 16.6. The predicted molar refractivity (Wildman–Crippen MR) is 87.4 cm³/mol. The van der Waals surface area contributed by atoms with Gasteiger partial charge in [0.25, 0.3) is 5.91 Å². The zero-order valence-electron chi connectivity index (χ0n) is 13.4. The highest BCUT2D eigenvalue weighted by atomic mass is 32.2. The highest BCUT2D eigenvalue weighted by Gasteiger charge is 2.15. The van der Waals surface area contributed by atoms with Crippen molar-refractivity contribution in [2.24, 2.45) is 0 Å². The molecule has 0 heterocycles. The van der Waals surface area contributed by atoms with Crippen LogP contribution in [0.5, 0.6) is 0 Å². The van der Waals surface area contributed by atoms with Gasteiger partial charge < -0.3 is 10.2 Å². The van der Waals surface area contributed by atoms with E-state index in [-0.39, 0.29) is 10.8 Å². The van der Waals surface area contributed by atoms with Crippen LogP contribution in [0.2, 0.25) is 0 Å². The summed E-state index contributed by atoms with van der Waals surface area (Å²) in [6.45, 7) is 3.70. The number of rotatable bonds is 9. The molecule has 0 saturated heterocycles. The van der Waals surface area contributed by atoms with Gasteiger partial charge in [0.05, 0.1) is 4.90 Å². The number of benzene rings is 1. The normalized spacial score (nSPS) is 11.6. The van der Waals surface area contributed by atoms with Gasteiger partial charge in [-0.2, -0.15) is 0 Å². The third kappa shape index (κ3) is 6.13. The Kier molecular flexibility index (Phi) is 7.50. The molecule has 0 atom stereocenters. The van der Waals surface area contributed by atoms with Crippen molar-refractivity contribution in [1.29, 1.82) is 0 Å². The number of hydrogen-bond donors (Lipinski definition) is 2. The molecule has 0 unspecified atom stereocenters. The first-order valence-corrected chi connectivity index (χ1v) is 8.88. The summed E-state index contributed by atoms with van der Waals surface area (Å²) in [4.78, 5) is 14.0. The number of carbonyl (C=O) groups excluding carboxylic acids is 1. The van der Waals surface area contributed by atoms with Gasteiger partial charge in [0.1, 0.15) is 0 Å². The van der Waals surface area contributed by atoms with Crippen LogP contribution < -0.4 is 10.0 Å². The molecule has 0 aliphatic rings. The van der Waals surface area contributed by atoms with Crippen LogP contribution in [0.4, 0.5) is 0 Å². The van der Waals surface area contributed by atoms with Crippen LogP contribution in [0.15, 0.2) is 29.2 Å². The van der Waals surface area contributed by atoms with Crippen LogP contribution in [0.1, 0.15) is 30.1 Å². The lowest BCUT2D eigenvalue weighted by atomic mass is 10.2. The zero-order valence-corrected chi connectivity index (χ0v) is 14.2. The Bertz CT molecular complexity index is 585. The van der Waals surface area contributed by atoms with Crippen molar-refractivity contribution < 1.29 is 13.2 Å². The second kappa shape index (κ2) is 8.87. The summed E-state index contributed by atoms with van der Waals surface area (Å²) in [5.74, 6) is -0.258. The molecule has 22 heavy (non-hydrogen) atoms. The van der Waals surface area contributed by atoms with E-state index in [9.17, 15) is 13.2 Å². The van der Waals surface area contributed by atoms with Gasteiger partial charge in [-0.3, -0.25) is 4.79 Å². The largest absolute Gasteiger partial charge is 0.352 e. The fraction of sp³-hybridized carbons (Fsp3) is 0.533. The van der Waals surface area contributed by atoms with Crippen molar-refractivity contribution in [3.05, 3.63) is 29.8 Å². The van der Waals surface area contributed by atoms with E-state index in [2.05, 4.69) is 10.0 Å². The molecule has 0 aromatic heterocycles. The summed E-state index contributed by atoms with van der Waals surface area (Å²) in [6.07, 6.45) is 1.56. The summed E-state index contributed by atoms with van der Waals surface area (Å²) < 4.78 is 27.0. The van der Waals surface area contributed by atoms with E-state index in [1.54, 1.807) is 12.1 Å². The average Bonchev–Trinajstić information content (AvgIpc) is 2.49. The molecule has 1 amide bonds. The number of amides is 1. The molecule has 0 aliphatic heterocycles. The second-order valence-electron chi connectivity index (χ2n) is 5.34. The van der Waals surface area contributed by atoms with Gasteiger partial charge in [0.15, 0.2) is 0 Å². The van der Waals surface area contributed by atoms with Crippen LogP contribution in [0, 0.1) is 0 Å². The topological polar surface area (TPSA) is 78.5 Å². The van der Waals surface area contributed by atoms with Crippen LogP contribution in [0.25, 0.3) is 0 Å². The van der Waals surface area contributed by atoms with E-state index >= 15 is 0 Å². The van der Waals surface area contributed by atoms with Gasteiger partial charge >= 0.3 is 0 Å². The highest BCUT2D eigenvalue weighted by molar-refractivity contribution is 7.89. The fourth-order valence-electron chi connectivity index (χ4n) is 1.83. The first-order chi connectivity index (χ1) is 10.4. The first kappa shape index (κ1) is 18.6. The highest BCUT2D eigenvalue weighted by Crippen LogP contribution is 2.11. The number of nitrogens with one attached hydrogen (secondary N) is 2. The Morgan fingerprint density at radius 3 is 2.59 bits per heavy atom. The minimum Gasteiger partial charge on any atom is -0.352 e. The minimum absolute atomic E-state index is 0.113. The molecule has 0 aliphatic carbocycles. The number of hydrogen-bond acceptors (Lipinski definition) is 4. The standard InChI is InChI=1S/C15H25N3O3S/c1-4-9-16-15(19)13-7-5-8-14(12-13)22(20,21)17-10-6-11-18(2)3/h5,7-8,12,17H,4,6,9-11H2,1-3H3,(H,16,19). The Morgan fingerprint density at radius 1 is 1.23 bits per heavy atom. The molecule has 2 N–H and O–H groups in total. The van der Waals surface area contributed by atoms with Gasteiger partial charge in [-0.1, -0.05) is 13.0 Å². The van der Waals surface area contributed by atoms with E-state index in [1.807, 2.05) is 25.9 Å². The first-order valence-electron chi connectivity index (χ1n) is 7.39. The third-order valence-electron chi connectivity index (χ3n) is 3.02. The predicted octanol–water partition coefficient (Wildman–Crippen LogP) is 1.06. The van der Waals surface area contributed by atoms with E-state index in [0.717, 1.165) is 19.4 Å². The minimum atomic E-state index is -3.58. The maximum Gasteiger partial charge on any atom is 0.251 e. The summed E-state index contributed by atoms with van der Waals surface area (Å²) in [6, 6.07) is 6.08. The molecule has 124 valence electrons. The smallest absolute Gasteiger partial charge is 0.251 e. The molecular formula is C15H25N3O3S. The number of nitrogens with zero attached hydrogens (tertiary/aromatic N) is 1. The summed E-state index contributed by atoms with van der Waals surface area (Å²) in [7, 11) is 0.292. The van der Waals surface area contributed by atoms with Crippen molar-refractivity contribution in [3.63, 3.8) is 0 Å². The number of sulfonamides is 1. The lowest BCUT2D eigenvalue weighted by molar-refractivity contribution is 0.0953. The van der Waals surface area contributed by atoms with Crippen LogP contribution in [-0.4, -0.2) is 53.0 Å². The molecule has 0 fully saturated rings. The van der Waals surface area contributed by atoms with E-state index < -0.39 is 10.0 Å². The molecule has 6 nitrogen and oxygen atoms in total. The van der Waals surface area contributed by atoms with E-state index in [4.69, 9.17) is 0 Å². The molecule has 7 heteroatoms. The summed E-state index contributed by atoms with van der Waals surface area (Å²) in [5, 5.41) is 2.73. The van der Waals surface area contributed by atoms with Crippen molar-refractivity contribution in [2.45, 2.75) is 24.7 Å². The van der Waals surface area contributed by atoms with Gasteiger partial charge in [-0.25, -0.2) is 13.1 Å². The molecular weight excluding hydrogens is 302 g/mol. The van der Waals surface area contributed by atoms with Crippen LogP contribution >= 0.6 is 0 Å².